The summed E-state index contributed by atoms with van der Waals surface area (Å²) in [4.78, 5) is 0. The fraction of sp³-hybridized carbons (Fsp3) is 1.00. The minimum Gasteiger partial charge on any atom is -0.394 e. The Hall–Kier alpha value is -0.600. The van der Waals surface area contributed by atoms with Gasteiger partial charge in [-0.2, -0.15) is 0 Å². The van der Waals surface area contributed by atoms with Crippen LogP contribution in [-0.4, -0.2) is 157 Å². The summed E-state index contributed by atoms with van der Waals surface area (Å²) in [5, 5.41) is 99.2. The molecule has 15 heteroatoms. The number of ether oxygens (including phenoxy) is 5. The van der Waals surface area contributed by atoms with Gasteiger partial charge in [-0.25, -0.2) is 0 Å². The minimum atomic E-state index is -1.85. The van der Waals surface area contributed by atoms with E-state index in [9.17, 15) is 51.1 Å². The molecule has 0 saturated carbocycles. The van der Waals surface area contributed by atoms with Crippen molar-refractivity contribution in [3.8, 4) is 0 Å². The van der Waals surface area contributed by atoms with Gasteiger partial charge in [-0.1, -0.05) is 0 Å². The van der Waals surface area contributed by atoms with Gasteiger partial charge in [0.25, 0.3) is 0 Å². The van der Waals surface area contributed by atoms with Crippen LogP contribution in [0.4, 0.5) is 0 Å². The Morgan fingerprint density at radius 1 is 0.594 bits per heavy atom. The van der Waals surface area contributed by atoms with Crippen LogP contribution in [0, 0.1) is 0 Å². The van der Waals surface area contributed by atoms with Gasteiger partial charge >= 0.3 is 0 Å². The van der Waals surface area contributed by atoms with E-state index < -0.39 is 99.2 Å². The predicted molar refractivity (Wildman–Crippen MR) is 95.2 cm³/mol. The van der Waals surface area contributed by atoms with E-state index in [1.807, 2.05) is 0 Å². The van der Waals surface area contributed by atoms with Crippen molar-refractivity contribution in [3.63, 3.8) is 0 Å². The lowest BCUT2D eigenvalue weighted by Crippen LogP contribution is -2.66. The molecule has 3 saturated heterocycles. The lowest BCUT2D eigenvalue weighted by molar-refractivity contribution is -0.373. The van der Waals surface area contributed by atoms with Crippen molar-refractivity contribution in [2.24, 2.45) is 0 Å². The van der Waals surface area contributed by atoms with Gasteiger partial charge in [0.1, 0.15) is 67.1 Å². The van der Waals surface area contributed by atoms with Crippen LogP contribution >= 0.6 is 0 Å². The number of hydrogen-bond acceptors (Lipinski definition) is 15. The fourth-order valence-electron chi connectivity index (χ4n) is 3.77. The summed E-state index contributed by atoms with van der Waals surface area (Å²) in [6.45, 7) is -1.90. The number of rotatable bonds is 6. The Kier molecular flexibility index (Phi) is 8.75. The monoisotopic (exact) mass is 474 g/mol. The van der Waals surface area contributed by atoms with Gasteiger partial charge in [-0.3, -0.25) is 0 Å². The fourth-order valence-corrected chi connectivity index (χ4v) is 3.77. The molecule has 14 atom stereocenters. The summed E-state index contributed by atoms with van der Waals surface area (Å²) < 4.78 is 26.1. The first-order valence-corrected chi connectivity index (χ1v) is 10.00. The molecule has 32 heavy (non-hydrogen) atoms. The van der Waals surface area contributed by atoms with Crippen LogP contribution in [0.1, 0.15) is 0 Å². The highest BCUT2D eigenvalue weighted by atomic mass is 16.7. The van der Waals surface area contributed by atoms with Crippen LogP contribution in [0.25, 0.3) is 0 Å². The van der Waals surface area contributed by atoms with Crippen LogP contribution < -0.4 is 0 Å². The minimum absolute atomic E-state index is 0.388. The van der Waals surface area contributed by atoms with Crippen molar-refractivity contribution in [1.82, 2.24) is 0 Å². The average molecular weight is 474 g/mol. The second-order valence-corrected chi connectivity index (χ2v) is 7.89. The highest BCUT2D eigenvalue weighted by Crippen LogP contribution is 2.31. The summed E-state index contributed by atoms with van der Waals surface area (Å²) >= 11 is 0. The van der Waals surface area contributed by atoms with E-state index in [2.05, 4.69) is 0 Å². The van der Waals surface area contributed by atoms with Gasteiger partial charge in [0.2, 0.25) is 0 Å². The molecular weight excluding hydrogens is 444 g/mol. The Bertz CT molecular complexity index is 592. The first-order valence-electron chi connectivity index (χ1n) is 10.00. The standard InChI is InChI=1S/C17H30O15/c18-1-5-7(21)8(22)10(24)16(29-5)32-14-6(2-19)30-17(11(25)9(14)23)31-13-4(20)3-28-15(27)12(13)26/h4-27H,1-3H2/t4-,5-,6-,7-,8+,9-,10-,11-,12+,13-,14-,15?,16-,17-/m1/s1. The molecular formula is C17H30O15. The van der Waals surface area contributed by atoms with Crippen molar-refractivity contribution in [1.29, 1.82) is 0 Å². The molecule has 0 aromatic rings. The van der Waals surface area contributed by atoms with Gasteiger partial charge in [0.15, 0.2) is 18.9 Å². The Balaban J connectivity index is 1.70. The molecule has 10 N–H and O–H groups in total. The molecule has 3 fully saturated rings. The molecule has 0 aromatic carbocycles. The second-order valence-electron chi connectivity index (χ2n) is 7.89. The van der Waals surface area contributed by atoms with Crippen molar-refractivity contribution in [2.45, 2.75) is 86.0 Å². The van der Waals surface area contributed by atoms with E-state index in [0.717, 1.165) is 0 Å². The molecule has 15 nitrogen and oxygen atoms in total. The van der Waals surface area contributed by atoms with E-state index >= 15 is 0 Å². The van der Waals surface area contributed by atoms with E-state index in [1.165, 1.54) is 0 Å². The quantitative estimate of drug-likeness (QED) is 0.172. The highest BCUT2D eigenvalue weighted by molar-refractivity contribution is 4.95. The Morgan fingerprint density at radius 3 is 1.72 bits per heavy atom. The smallest absolute Gasteiger partial charge is 0.187 e. The summed E-state index contributed by atoms with van der Waals surface area (Å²) in [6, 6.07) is 0. The van der Waals surface area contributed by atoms with Crippen LogP contribution in [0.2, 0.25) is 0 Å². The molecule has 3 rings (SSSR count). The Morgan fingerprint density at radius 2 is 1.12 bits per heavy atom. The van der Waals surface area contributed by atoms with Crippen LogP contribution in [0.15, 0.2) is 0 Å². The maximum Gasteiger partial charge on any atom is 0.187 e. The molecule has 0 amide bonds. The normalized spacial score (nSPS) is 52.7. The first kappa shape index (κ1) is 26.0. The van der Waals surface area contributed by atoms with Crippen molar-refractivity contribution in [2.75, 3.05) is 19.8 Å². The van der Waals surface area contributed by atoms with Gasteiger partial charge in [-0.15, -0.1) is 0 Å². The van der Waals surface area contributed by atoms with Gasteiger partial charge in [0.05, 0.1) is 19.8 Å². The molecule has 1 unspecified atom stereocenters. The molecule has 0 aliphatic carbocycles. The largest absolute Gasteiger partial charge is 0.394 e. The molecule has 3 aliphatic heterocycles. The van der Waals surface area contributed by atoms with E-state index in [1.54, 1.807) is 0 Å². The summed E-state index contributed by atoms with van der Waals surface area (Å²) in [7, 11) is 0. The van der Waals surface area contributed by atoms with E-state index in [-0.39, 0.29) is 6.61 Å². The number of hydrogen-bond donors (Lipinski definition) is 10. The first-order chi connectivity index (χ1) is 15.1. The molecule has 3 aliphatic rings. The third-order valence-electron chi connectivity index (χ3n) is 5.70. The zero-order valence-electron chi connectivity index (χ0n) is 16.7. The molecule has 3 heterocycles. The Labute approximate surface area is 181 Å². The van der Waals surface area contributed by atoms with Gasteiger partial charge < -0.3 is 74.7 Å². The lowest BCUT2D eigenvalue weighted by Gasteiger charge is -2.47. The van der Waals surface area contributed by atoms with Gasteiger partial charge in [0, 0.05) is 0 Å². The second kappa shape index (κ2) is 10.8. The topological polar surface area (TPSA) is 248 Å². The maximum absolute atomic E-state index is 10.5. The zero-order valence-corrected chi connectivity index (χ0v) is 16.7. The number of aliphatic hydroxyl groups excluding tert-OH is 10. The van der Waals surface area contributed by atoms with Crippen molar-refractivity contribution >= 4 is 0 Å². The van der Waals surface area contributed by atoms with Crippen LogP contribution in [-0.2, 0) is 23.7 Å². The molecule has 0 radical (unpaired) electrons. The highest BCUT2D eigenvalue weighted by Gasteiger charge is 2.52. The van der Waals surface area contributed by atoms with Gasteiger partial charge in [-0.05, 0) is 0 Å². The van der Waals surface area contributed by atoms with Crippen molar-refractivity contribution < 1.29 is 74.7 Å². The summed E-state index contributed by atoms with van der Waals surface area (Å²) in [6.07, 6.45) is -22.7. The van der Waals surface area contributed by atoms with Crippen LogP contribution in [0.5, 0.6) is 0 Å². The third-order valence-corrected chi connectivity index (χ3v) is 5.70. The van der Waals surface area contributed by atoms with E-state index in [4.69, 9.17) is 23.7 Å². The maximum atomic E-state index is 10.5. The SMILES string of the molecule is OC[C@H]1O[C@H](O[C@H]2[C@H](O)[C@@H](O)[C@@H](O[C@@H]3[C@H](O)COC(O)[C@H]3O)O[C@@H]2CO)[C@H](O)[C@@H](O)[C@@H]1O. The number of aliphatic hydroxyl groups is 10. The summed E-state index contributed by atoms with van der Waals surface area (Å²) in [5.41, 5.74) is 0. The zero-order chi connectivity index (χ0) is 23.7. The van der Waals surface area contributed by atoms with E-state index in [0.29, 0.717) is 0 Å². The van der Waals surface area contributed by atoms with Crippen molar-refractivity contribution in [3.05, 3.63) is 0 Å². The predicted octanol–water partition coefficient (Wildman–Crippen LogP) is -6.93. The molecule has 0 bridgehead atoms. The third kappa shape index (κ3) is 5.07. The molecule has 0 aromatic heterocycles. The summed E-state index contributed by atoms with van der Waals surface area (Å²) in [5.74, 6) is 0. The lowest BCUT2D eigenvalue weighted by atomic mass is 9.96. The average Bonchev–Trinajstić information content (AvgIpc) is 2.78. The molecule has 0 spiro atoms. The van der Waals surface area contributed by atoms with Crippen LogP contribution in [0.3, 0.4) is 0 Å². The molecule has 188 valence electrons.